The van der Waals surface area contributed by atoms with Crippen LogP contribution >= 0.6 is 0 Å². The first-order chi connectivity index (χ1) is 13.0. The van der Waals surface area contributed by atoms with Gasteiger partial charge in [-0.15, -0.1) is 0 Å². The molecule has 3 rings (SSSR count). The van der Waals surface area contributed by atoms with Crippen LogP contribution in [0.5, 0.6) is 5.75 Å². The van der Waals surface area contributed by atoms with Gasteiger partial charge in [0.15, 0.2) is 15.6 Å². The minimum Gasteiger partial charge on any atom is -0.465 e. The fraction of sp³-hybridized carbons (Fsp3) is 0.222. The molecule has 7 nitrogen and oxygen atoms in total. The summed E-state index contributed by atoms with van der Waals surface area (Å²) in [5, 5.41) is 0. The Morgan fingerprint density at radius 3 is 2.39 bits per heavy atom. The van der Waals surface area contributed by atoms with Gasteiger partial charge in [0.2, 0.25) is 0 Å². The van der Waals surface area contributed by atoms with Crippen molar-refractivity contribution in [1.29, 1.82) is 0 Å². The number of hydrogen-bond acceptors (Lipinski definition) is 6. The quantitative estimate of drug-likeness (QED) is 0.718. The van der Waals surface area contributed by atoms with Gasteiger partial charge in [-0.05, 0) is 35.9 Å². The standard InChI is InChI=1S/C18H15F2NO6S/c1-26-16(22)12-5-8-15-14(9-12)21(17(23)18(19,20)27-15)10-11-3-6-13(7-4-11)28(2,24)25/h3-9H,10H2,1-2H3. The topological polar surface area (TPSA) is 90.0 Å². The Balaban J connectivity index is 2.01. The molecule has 2 aromatic rings. The molecule has 2 aromatic carbocycles. The van der Waals surface area contributed by atoms with Gasteiger partial charge in [0.1, 0.15) is 0 Å². The van der Waals surface area contributed by atoms with E-state index in [1.165, 1.54) is 43.5 Å². The van der Waals surface area contributed by atoms with Crippen molar-refractivity contribution in [1.82, 2.24) is 0 Å². The van der Waals surface area contributed by atoms with E-state index in [4.69, 9.17) is 0 Å². The van der Waals surface area contributed by atoms with Gasteiger partial charge in [-0.25, -0.2) is 13.2 Å². The number of halogens is 2. The maximum absolute atomic E-state index is 14.0. The van der Waals surface area contributed by atoms with Crippen LogP contribution in [0.25, 0.3) is 0 Å². The van der Waals surface area contributed by atoms with E-state index in [2.05, 4.69) is 9.47 Å². The molecule has 0 fully saturated rings. The Bertz CT molecular complexity index is 1050. The number of hydrogen-bond donors (Lipinski definition) is 0. The Hall–Kier alpha value is -3.01. The number of amides is 1. The second-order valence-electron chi connectivity index (χ2n) is 6.10. The fourth-order valence-electron chi connectivity index (χ4n) is 2.69. The minimum atomic E-state index is -4.08. The number of fused-ring (bicyclic) bond motifs is 1. The van der Waals surface area contributed by atoms with Crippen LogP contribution in [-0.2, 0) is 25.9 Å². The van der Waals surface area contributed by atoms with Crippen LogP contribution in [-0.4, -0.2) is 39.8 Å². The van der Waals surface area contributed by atoms with Crippen LogP contribution in [0, 0.1) is 0 Å². The van der Waals surface area contributed by atoms with Crippen molar-refractivity contribution in [2.75, 3.05) is 18.3 Å². The highest BCUT2D eigenvalue weighted by atomic mass is 32.2. The number of sulfone groups is 1. The van der Waals surface area contributed by atoms with Gasteiger partial charge < -0.3 is 9.47 Å². The van der Waals surface area contributed by atoms with Crippen molar-refractivity contribution in [3.05, 3.63) is 53.6 Å². The molecular weight excluding hydrogens is 396 g/mol. The molecule has 1 aliphatic heterocycles. The van der Waals surface area contributed by atoms with Gasteiger partial charge in [0.05, 0.1) is 29.8 Å². The molecule has 0 bridgehead atoms. The van der Waals surface area contributed by atoms with Gasteiger partial charge in [0.25, 0.3) is 0 Å². The second-order valence-corrected chi connectivity index (χ2v) is 8.12. The van der Waals surface area contributed by atoms with Gasteiger partial charge in [-0.2, -0.15) is 8.78 Å². The zero-order valence-corrected chi connectivity index (χ0v) is 15.6. The molecule has 0 spiro atoms. The summed E-state index contributed by atoms with van der Waals surface area (Å²) in [5.41, 5.74) is 0.444. The highest BCUT2D eigenvalue weighted by Crippen LogP contribution is 2.40. The summed E-state index contributed by atoms with van der Waals surface area (Å²) < 4.78 is 60.1. The highest BCUT2D eigenvalue weighted by molar-refractivity contribution is 7.90. The monoisotopic (exact) mass is 411 g/mol. The third-order valence-electron chi connectivity index (χ3n) is 4.10. The molecule has 1 aliphatic rings. The second kappa shape index (κ2) is 6.86. The average molecular weight is 411 g/mol. The molecule has 148 valence electrons. The van der Waals surface area contributed by atoms with E-state index in [0.717, 1.165) is 17.2 Å². The summed E-state index contributed by atoms with van der Waals surface area (Å²) in [5.74, 6) is -2.58. The highest BCUT2D eigenvalue weighted by Gasteiger charge is 2.50. The summed E-state index contributed by atoms with van der Waals surface area (Å²) in [6.07, 6.45) is -3.04. The Morgan fingerprint density at radius 2 is 1.82 bits per heavy atom. The van der Waals surface area contributed by atoms with Crippen molar-refractivity contribution in [3.8, 4) is 5.75 Å². The summed E-state index contributed by atoms with van der Waals surface area (Å²) in [4.78, 5) is 24.8. The number of methoxy groups -OCH3 is 1. The number of anilines is 1. The molecular formula is C18H15F2NO6S. The molecule has 1 heterocycles. The van der Waals surface area contributed by atoms with E-state index in [0.29, 0.717) is 5.56 Å². The van der Waals surface area contributed by atoms with Gasteiger partial charge in [-0.3, -0.25) is 9.69 Å². The van der Waals surface area contributed by atoms with E-state index in [1.54, 1.807) is 0 Å². The van der Waals surface area contributed by atoms with Crippen LogP contribution < -0.4 is 9.64 Å². The van der Waals surface area contributed by atoms with Crippen molar-refractivity contribution in [2.24, 2.45) is 0 Å². The first kappa shape index (κ1) is 19.7. The lowest BCUT2D eigenvalue weighted by Crippen LogP contribution is -2.50. The molecule has 0 saturated heterocycles. The first-order valence-corrected chi connectivity index (χ1v) is 9.82. The van der Waals surface area contributed by atoms with Crippen molar-refractivity contribution < 1.29 is 36.3 Å². The Labute approximate surface area is 159 Å². The van der Waals surface area contributed by atoms with Crippen molar-refractivity contribution in [3.63, 3.8) is 0 Å². The van der Waals surface area contributed by atoms with Crippen LogP contribution in [0.15, 0.2) is 47.4 Å². The lowest BCUT2D eigenvalue weighted by molar-refractivity contribution is -0.193. The molecule has 10 heteroatoms. The number of alkyl halides is 2. The Kier molecular flexibility index (Phi) is 4.84. The van der Waals surface area contributed by atoms with E-state index >= 15 is 0 Å². The van der Waals surface area contributed by atoms with E-state index in [-0.39, 0.29) is 28.4 Å². The van der Waals surface area contributed by atoms with Crippen LogP contribution in [0.3, 0.4) is 0 Å². The van der Waals surface area contributed by atoms with Crippen molar-refractivity contribution >= 4 is 27.4 Å². The molecule has 0 N–H and O–H groups in total. The van der Waals surface area contributed by atoms with E-state index in [1.807, 2.05) is 0 Å². The summed E-state index contributed by atoms with van der Waals surface area (Å²) in [6.45, 7) is -0.278. The average Bonchev–Trinajstić information content (AvgIpc) is 2.64. The van der Waals surface area contributed by atoms with Crippen molar-refractivity contribution in [2.45, 2.75) is 17.5 Å². The number of benzene rings is 2. The Morgan fingerprint density at radius 1 is 1.18 bits per heavy atom. The van der Waals surface area contributed by atoms with Gasteiger partial charge >= 0.3 is 18.0 Å². The largest absolute Gasteiger partial charge is 0.482 e. The smallest absolute Gasteiger partial charge is 0.465 e. The molecule has 0 atom stereocenters. The zero-order chi connectivity index (χ0) is 20.7. The third kappa shape index (κ3) is 3.68. The number of esters is 1. The van der Waals surface area contributed by atoms with E-state index in [9.17, 15) is 26.8 Å². The molecule has 0 aromatic heterocycles. The van der Waals surface area contributed by atoms with Crippen LogP contribution in [0.1, 0.15) is 15.9 Å². The minimum absolute atomic E-state index is 0.0222. The fourth-order valence-corrected chi connectivity index (χ4v) is 3.32. The lowest BCUT2D eigenvalue weighted by atomic mass is 10.1. The SMILES string of the molecule is COC(=O)c1ccc2c(c1)N(Cc1ccc(S(C)(=O)=O)cc1)C(=O)C(F)(F)O2. The molecule has 0 aliphatic carbocycles. The predicted octanol–water partition coefficient (Wildman–Crippen LogP) is 2.40. The summed E-state index contributed by atoms with van der Waals surface area (Å²) in [7, 11) is -2.26. The molecule has 28 heavy (non-hydrogen) atoms. The normalized spacial score (nSPS) is 15.6. The van der Waals surface area contributed by atoms with Crippen LogP contribution in [0.2, 0.25) is 0 Å². The molecule has 0 radical (unpaired) electrons. The molecule has 1 amide bonds. The van der Waals surface area contributed by atoms with Gasteiger partial charge in [-0.1, -0.05) is 12.1 Å². The first-order valence-electron chi connectivity index (χ1n) is 7.93. The lowest BCUT2D eigenvalue weighted by Gasteiger charge is -2.33. The number of rotatable bonds is 4. The number of nitrogens with zero attached hydrogens (tertiary/aromatic N) is 1. The number of carbonyl (C=O) groups is 2. The zero-order valence-electron chi connectivity index (χ0n) is 14.8. The maximum Gasteiger partial charge on any atom is 0.482 e. The summed E-state index contributed by atoms with van der Waals surface area (Å²) in [6, 6.07) is 9.09. The maximum atomic E-state index is 14.0. The number of carbonyl (C=O) groups excluding carboxylic acids is 2. The molecule has 0 saturated carbocycles. The van der Waals surface area contributed by atoms with E-state index < -0.39 is 27.8 Å². The number of ether oxygens (including phenoxy) is 2. The van der Waals surface area contributed by atoms with Crippen LogP contribution in [0.4, 0.5) is 14.5 Å². The third-order valence-corrected chi connectivity index (χ3v) is 5.22. The molecule has 0 unspecified atom stereocenters. The predicted molar refractivity (Wildman–Crippen MR) is 94.1 cm³/mol. The summed E-state index contributed by atoms with van der Waals surface area (Å²) >= 11 is 0. The van der Waals surface area contributed by atoms with Gasteiger partial charge in [0, 0.05) is 6.26 Å².